The van der Waals surface area contributed by atoms with Crippen molar-refractivity contribution < 1.29 is 4.79 Å². The molecule has 6 heteroatoms. The highest BCUT2D eigenvalue weighted by atomic mass is 79.9. The van der Waals surface area contributed by atoms with E-state index in [1.807, 2.05) is 11.0 Å². The molecule has 1 fully saturated rings. The van der Waals surface area contributed by atoms with E-state index in [1.165, 1.54) is 14.2 Å². The van der Waals surface area contributed by atoms with Gasteiger partial charge in [-0.1, -0.05) is 18.2 Å². The van der Waals surface area contributed by atoms with Gasteiger partial charge in [-0.2, -0.15) is 0 Å². The Kier molecular flexibility index (Phi) is 5.22. The molecule has 2 aliphatic heterocycles. The Morgan fingerprint density at radius 2 is 1.76 bits per heavy atom. The number of nitrogens with zero attached hydrogens (tertiary/aromatic N) is 3. The lowest BCUT2D eigenvalue weighted by atomic mass is 10.2. The predicted molar refractivity (Wildman–Crippen MR) is 106 cm³/mol. The van der Waals surface area contributed by atoms with E-state index in [-0.39, 0.29) is 5.91 Å². The van der Waals surface area contributed by atoms with Crippen LogP contribution in [0.2, 0.25) is 0 Å². The van der Waals surface area contributed by atoms with Crippen molar-refractivity contribution >= 4 is 38.9 Å². The summed E-state index contributed by atoms with van der Waals surface area (Å²) < 4.78 is 1.19. The molecule has 0 saturated carbocycles. The minimum atomic E-state index is 0.237. The lowest BCUT2D eigenvalue weighted by molar-refractivity contribution is -0.120. The smallest absolute Gasteiger partial charge is 0.241 e. The molecule has 0 atom stereocenters. The first-order valence-corrected chi connectivity index (χ1v) is 10.4. The summed E-state index contributed by atoms with van der Waals surface area (Å²) in [6.07, 6.45) is 0.978. The van der Waals surface area contributed by atoms with E-state index >= 15 is 0 Å². The minimum absolute atomic E-state index is 0.237. The number of rotatable bonds is 4. The molecule has 2 aliphatic rings. The van der Waals surface area contributed by atoms with Crippen LogP contribution in [-0.4, -0.2) is 55.0 Å². The quantitative estimate of drug-likeness (QED) is 0.760. The van der Waals surface area contributed by atoms with E-state index < -0.39 is 0 Å². The van der Waals surface area contributed by atoms with Gasteiger partial charge >= 0.3 is 0 Å². The maximum Gasteiger partial charge on any atom is 0.241 e. The topological polar surface area (TPSA) is 26.8 Å². The zero-order valence-corrected chi connectivity index (χ0v) is 16.6. The van der Waals surface area contributed by atoms with Gasteiger partial charge in [0.2, 0.25) is 5.91 Å². The van der Waals surface area contributed by atoms with E-state index in [4.69, 9.17) is 0 Å². The van der Waals surface area contributed by atoms with Crippen molar-refractivity contribution in [2.45, 2.75) is 13.0 Å². The van der Waals surface area contributed by atoms with Crippen molar-refractivity contribution in [3.8, 4) is 0 Å². The van der Waals surface area contributed by atoms with Gasteiger partial charge in [0, 0.05) is 49.8 Å². The first kappa shape index (κ1) is 17.2. The Morgan fingerprint density at radius 1 is 1.00 bits per heavy atom. The second kappa shape index (κ2) is 7.58. The van der Waals surface area contributed by atoms with Crippen molar-refractivity contribution in [3.63, 3.8) is 0 Å². The van der Waals surface area contributed by atoms with Crippen molar-refractivity contribution in [3.05, 3.63) is 50.6 Å². The highest BCUT2D eigenvalue weighted by molar-refractivity contribution is 9.11. The molecule has 3 heterocycles. The standard InChI is InChI=1S/C19H22BrN3OS/c20-18-6-5-16(25-18)13-21-9-11-22(12-10-21)14-19(24)23-8-7-15-3-1-2-4-17(15)23/h1-6H,7-14H2. The molecule has 2 aromatic rings. The van der Waals surface area contributed by atoms with Crippen LogP contribution in [0.5, 0.6) is 0 Å². The Balaban J connectivity index is 1.28. The summed E-state index contributed by atoms with van der Waals surface area (Å²) in [5.74, 6) is 0.237. The number of amides is 1. The average molecular weight is 420 g/mol. The van der Waals surface area contributed by atoms with Crippen LogP contribution >= 0.6 is 27.3 Å². The van der Waals surface area contributed by atoms with Crippen LogP contribution in [-0.2, 0) is 17.8 Å². The molecular weight excluding hydrogens is 398 g/mol. The molecular formula is C19H22BrN3OS. The zero-order chi connectivity index (χ0) is 17.2. The van der Waals surface area contributed by atoms with Gasteiger partial charge < -0.3 is 4.90 Å². The summed E-state index contributed by atoms with van der Waals surface area (Å²) >= 11 is 5.33. The van der Waals surface area contributed by atoms with E-state index in [0.29, 0.717) is 6.54 Å². The number of hydrogen-bond acceptors (Lipinski definition) is 4. The molecule has 25 heavy (non-hydrogen) atoms. The molecule has 4 rings (SSSR count). The number of fused-ring (bicyclic) bond motifs is 1. The molecule has 132 valence electrons. The largest absolute Gasteiger partial charge is 0.311 e. The lowest BCUT2D eigenvalue weighted by Gasteiger charge is -2.34. The first-order chi connectivity index (χ1) is 12.2. The molecule has 1 aromatic heterocycles. The Morgan fingerprint density at radius 3 is 2.52 bits per heavy atom. The highest BCUT2D eigenvalue weighted by Gasteiger charge is 2.26. The molecule has 0 unspecified atom stereocenters. The number of halogens is 1. The van der Waals surface area contributed by atoms with E-state index in [0.717, 1.165) is 51.4 Å². The molecule has 0 N–H and O–H groups in total. The first-order valence-electron chi connectivity index (χ1n) is 8.76. The Hall–Kier alpha value is -1.21. The van der Waals surface area contributed by atoms with Crippen LogP contribution in [0, 0.1) is 0 Å². The number of carbonyl (C=O) groups is 1. The van der Waals surface area contributed by atoms with E-state index in [2.05, 4.69) is 56.1 Å². The maximum atomic E-state index is 12.7. The molecule has 4 nitrogen and oxygen atoms in total. The van der Waals surface area contributed by atoms with Gasteiger partial charge in [-0.25, -0.2) is 0 Å². The third-order valence-electron chi connectivity index (χ3n) is 5.02. The van der Waals surface area contributed by atoms with Crippen molar-refractivity contribution in [1.82, 2.24) is 9.80 Å². The third-order valence-corrected chi connectivity index (χ3v) is 6.63. The van der Waals surface area contributed by atoms with Gasteiger partial charge in [-0.3, -0.25) is 14.6 Å². The van der Waals surface area contributed by atoms with E-state index in [1.54, 1.807) is 11.3 Å². The second-order valence-corrected chi connectivity index (χ2v) is 9.23. The number of piperazine rings is 1. The van der Waals surface area contributed by atoms with Crippen LogP contribution in [0.1, 0.15) is 10.4 Å². The second-order valence-electron chi connectivity index (χ2n) is 6.68. The molecule has 0 spiro atoms. The van der Waals surface area contributed by atoms with Crippen molar-refractivity contribution in [2.24, 2.45) is 0 Å². The van der Waals surface area contributed by atoms with E-state index in [9.17, 15) is 4.79 Å². The average Bonchev–Trinajstić information content (AvgIpc) is 3.23. The van der Waals surface area contributed by atoms with Crippen molar-refractivity contribution in [1.29, 1.82) is 0 Å². The van der Waals surface area contributed by atoms with Crippen LogP contribution in [0.25, 0.3) is 0 Å². The maximum absolute atomic E-state index is 12.7. The SMILES string of the molecule is O=C(CN1CCN(Cc2ccc(Br)s2)CC1)N1CCc2ccccc21. The summed E-state index contributed by atoms with van der Waals surface area (Å²) in [4.78, 5) is 20.8. The summed E-state index contributed by atoms with van der Waals surface area (Å²) in [6, 6.07) is 12.6. The predicted octanol–water partition coefficient (Wildman–Crippen LogP) is 3.22. The number of anilines is 1. The molecule has 1 amide bonds. The minimum Gasteiger partial charge on any atom is -0.311 e. The van der Waals surface area contributed by atoms with Gasteiger partial charge in [0.1, 0.15) is 0 Å². The third kappa shape index (κ3) is 3.97. The molecule has 0 bridgehead atoms. The lowest BCUT2D eigenvalue weighted by Crippen LogP contribution is -2.49. The number of benzene rings is 1. The monoisotopic (exact) mass is 419 g/mol. The molecule has 0 aliphatic carbocycles. The summed E-state index contributed by atoms with van der Waals surface area (Å²) in [5.41, 5.74) is 2.40. The Labute approximate surface area is 161 Å². The fourth-order valence-electron chi connectivity index (χ4n) is 3.64. The van der Waals surface area contributed by atoms with Crippen LogP contribution in [0.4, 0.5) is 5.69 Å². The fraction of sp³-hybridized carbons (Fsp3) is 0.421. The number of carbonyl (C=O) groups excluding carboxylic acids is 1. The highest BCUT2D eigenvalue weighted by Crippen LogP contribution is 2.27. The van der Waals surface area contributed by atoms with Gasteiger partial charge in [0.25, 0.3) is 0 Å². The van der Waals surface area contributed by atoms with Gasteiger partial charge in [-0.15, -0.1) is 11.3 Å². The van der Waals surface area contributed by atoms with Gasteiger partial charge in [0.05, 0.1) is 10.3 Å². The number of para-hydroxylation sites is 1. The summed E-state index contributed by atoms with van der Waals surface area (Å²) in [7, 11) is 0. The van der Waals surface area contributed by atoms with Crippen LogP contribution < -0.4 is 4.90 Å². The molecule has 0 radical (unpaired) electrons. The molecule has 1 aromatic carbocycles. The Bertz CT molecular complexity index is 755. The normalized spacial score (nSPS) is 18.5. The van der Waals surface area contributed by atoms with Gasteiger partial charge in [-0.05, 0) is 46.1 Å². The molecule has 1 saturated heterocycles. The zero-order valence-electron chi connectivity index (χ0n) is 14.2. The fourth-order valence-corrected chi connectivity index (χ4v) is 5.16. The number of hydrogen-bond donors (Lipinski definition) is 0. The van der Waals surface area contributed by atoms with Gasteiger partial charge in [0.15, 0.2) is 0 Å². The summed E-state index contributed by atoms with van der Waals surface area (Å²) in [5, 5.41) is 0. The van der Waals surface area contributed by atoms with Crippen LogP contribution in [0.15, 0.2) is 40.2 Å². The summed E-state index contributed by atoms with van der Waals surface area (Å²) in [6.45, 7) is 6.36. The van der Waals surface area contributed by atoms with Crippen molar-refractivity contribution in [2.75, 3.05) is 44.2 Å². The number of thiophene rings is 1. The van der Waals surface area contributed by atoms with Crippen LogP contribution in [0.3, 0.4) is 0 Å².